The number of benzene rings is 1. The summed E-state index contributed by atoms with van der Waals surface area (Å²) in [7, 11) is 0. The minimum Gasteiger partial charge on any atom is -0.443 e. The van der Waals surface area contributed by atoms with Crippen molar-refractivity contribution in [3.63, 3.8) is 0 Å². The highest BCUT2D eigenvalue weighted by Crippen LogP contribution is 2.37. The van der Waals surface area contributed by atoms with Gasteiger partial charge in [-0.2, -0.15) is 5.26 Å². The summed E-state index contributed by atoms with van der Waals surface area (Å²) in [5, 5.41) is 8.70. The predicted molar refractivity (Wildman–Crippen MR) is 55.9 cm³/mol. The maximum Gasteiger partial charge on any atom is 0.182 e. The number of rotatable bonds is 0. The first-order valence-corrected chi connectivity index (χ1v) is 4.84. The van der Waals surface area contributed by atoms with Crippen LogP contribution in [0.1, 0.15) is 17.5 Å². The molecular formula is C12H8N2O. The maximum atomic E-state index is 8.70. The zero-order valence-corrected chi connectivity index (χ0v) is 8.03. The van der Waals surface area contributed by atoms with Gasteiger partial charge in [0.2, 0.25) is 0 Å². The average molecular weight is 196 g/mol. The normalized spacial score (nSPS) is 16.9. The lowest BCUT2D eigenvalue weighted by Crippen LogP contribution is -1.82. The van der Waals surface area contributed by atoms with E-state index in [2.05, 4.69) is 17.1 Å². The smallest absolute Gasteiger partial charge is 0.182 e. The lowest BCUT2D eigenvalue weighted by atomic mass is 10.1. The van der Waals surface area contributed by atoms with Crippen molar-refractivity contribution in [1.82, 2.24) is 4.98 Å². The summed E-state index contributed by atoms with van der Waals surface area (Å²) >= 11 is 0. The second-order valence-electron chi connectivity index (χ2n) is 3.60. The minimum absolute atomic E-state index is 0.812. The fourth-order valence-electron chi connectivity index (χ4n) is 2.15. The van der Waals surface area contributed by atoms with Crippen LogP contribution in [0.2, 0.25) is 0 Å². The predicted octanol–water partition coefficient (Wildman–Crippen LogP) is 2.68. The highest BCUT2D eigenvalue weighted by Gasteiger charge is 2.20. The van der Waals surface area contributed by atoms with Gasteiger partial charge in [-0.3, -0.25) is 0 Å². The van der Waals surface area contributed by atoms with E-state index in [0.29, 0.717) is 0 Å². The molecule has 0 amide bonds. The van der Waals surface area contributed by atoms with E-state index in [1.807, 2.05) is 6.07 Å². The summed E-state index contributed by atoms with van der Waals surface area (Å²) in [6.07, 6.45) is 4.96. The molecule has 3 nitrogen and oxygen atoms in total. The van der Waals surface area contributed by atoms with Crippen molar-refractivity contribution in [3.05, 3.63) is 35.7 Å². The van der Waals surface area contributed by atoms with Gasteiger partial charge in [0.05, 0.1) is 6.07 Å². The Balaban J connectivity index is 2.37. The Labute approximate surface area is 86.6 Å². The van der Waals surface area contributed by atoms with Gasteiger partial charge >= 0.3 is 0 Å². The number of nitriles is 1. The Morgan fingerprint density at radius 3 is 3.20 bits per heavy atom. The Morgan fingerprint density at radius 1 is 1.40 bits per heavy atom. The highest BCUT2D eigenvalue weighted by atomic mass is 16.3. The Bertz CT molecular complexity index is 602. The molecule has 0 radical (unpaired) electrons. The zero-order chi connectivity index (χ0) is 10.3. The van der Waals surface area contributed by atoms with Crippen LogP contribution in [0.15, 0.2) is 29.0 Å². The first kappa shape index (κ1) is 8.25. The summed E-state index contributed by atoms with van der Waals surface area (Å²) in [4.78, 5) is 4.11. The molecule has 0 unspecified atom stereocenters. The third-order valence-electron chi connectivity index (χ3n) is 2.81. The summed E-state index contributed by atoms with van der Waals surface area (Å²) in [6, 6.07) is 6.12. The lowest BCUT2D eigenvalue weighted by molar-refractivity contribution is 0.601. The largest absolute Gasteiger partial charge is 0.443 e. The number of nitrogens with zero attached hydrogens (tertiary/aromatic N) is 2. The summed E-state index contributed by atoms with van der Waals surface area (Å²) < 4.78 is 5.38. The molecule has 0 fully saturated rings. The molecule has 1 aliphatic rings. The number of allylic oxidation sites excluding steroid dienone is 2. The molecule has 0 saturated heterocycles. The molecule has 1 heterocycles. The second kappa shape index (κ2) is 2.96. The van der Waals surface area contributed by atoms with Gasteiger partial charge in [0.15, 0.2) is 12.0 Å². The summed E-state index contributed by atoms with van der Waals surface area (Å²) in [5.74, 6) is 0. The van der Waals surface area contributed by atoms with Crippen LogP contribution in [0, 0.1) is 11.3 Å². The molecule has 15 heavy (non-hydrogen) atoms. The van der Waals surface area contributed by atoms with Crippen molar-refractivity contribution >= 4 is 16.7 Å². The molecule has 0 spiro atoms. The third kappa shape index (κ3) is 1.08. The number of hydrogen-bond donors (Lipinski definition) is 0. The molecule has 2 aromatic rings. The zero-order valence-electron chi connectivity index (χ0n) is 8.03. The van der Waals surface area contributed by atoms with Gasteiger partial charge in [0.1, 0.15) is 5.52 Å². The van der Waals surface area contributed by atoms with E-state index in [4.69, 9.17) is 9.68 Å². The van der Waals surface area contributed by atoms with E-state index >= 15 is 0 Å². The third-order valence-corrected chi connectivity index (χ3v) is 2.81. The SMILES string of the molecule is N#C/C=C1/CCc2ccc3ncoc3c21. The average Bonchev–Trinajstić information content (AvgIpc) is 2.83. The van der Waals surface area contributed by atoms with Crippen molar-refractivity contribution in [2.24, 2.45) is 0 Å². The van der Waals surface area contributed by atoms with Crippen LogP contribution in [0.25, 0.3) is 16.7 Å². The molecule has 3 heteroatoms. The number of aromatic nitrogens is 1. The van der Waals surface area contributed by atoms with Crippen molar-refractivity contribution in [1.29, 1.82) is 5.26 Å². The lowest BCUT2D eigenvalue weighted by Gasteiger charge is -1.99. The Kier molecular flexibility index (Phi) is 1.63. The van der Waals surface area contributed by atoms with Crippen LogP contribution >= 0.6 is 0 Å². The van der Waals surface area contributed by atoms with E-state index in [1.54, 1.807) is 6.08 Å². The Morgan fingerprint density at radius 2 is 2.33 bits per heavy atom. The second-order valence-corrected chi connectivity index (χ2v) is 3.60. The minimum atomic E-state index is 0.812. The summed E-state index contributed by atoms with van der Waals surface area (Å²) in [6.45, 7) is 0. The van der Waals surface area contributed by atoms with Gasteiger partial charge in [-0.1, -0.05) is 6.07 Å². The van der Waals surface area contributed by atoms with E-state index in [-0.39, 0.29) is 0 Å². The molecule has 72 valence electrons. The molecule has 0 atom stereocenters. The molecule has 0 aliphatic heterocycles. The van der Waals surface area contributed by atoms with Gasteiger partial charge in [-0.25, -0.2) is 4.98 Å². The molecule has 0 bridgehead atoms. The van der Waals surface area contributed by atoms with E-state index in [9.17, 15) is 0 Å². The van der Waals surface area contributed by atoms with Gasteiger partial charge in [0.25, 0.3) is 0 Å². The van der Waals surface area contributed by atoms with Crippen LogP contribution in [0.3, 0.4) is 0 Å². The van der Waals surface area contributed by atoms with Crippen molar-refractivity contribution in [3.8, 4) is 6.07 Å². The molecule has 1 aromatic heterocycles. The number of fused-ring (bicyclic) bond motifs is 3. The first-order valence-electron chi connectivity index (χ1n) is 4.84. The molecule has 0 N–H and O–H groups in total. The maximum absolute atomic E-state index is 8.70. The molecule has 1 aliphatic carbocycles. The number of oxazole rings is 1. The Hall–Kier alpha value is -2.08. The van der Waals surface area contributed by atoms with Crippen LogP contribution in [0.4, 0.5) is 0 Å². The van der Waals surface area contributed by atoms with Gasteiger partial charge in [-0.15, -0.1) is 0 Å². The van der Waals surface area contributed by atoms with Gasteiger partial charge in [0, 0.05) is 11.6 Å². The molecule has 3 rings (SSSR count). The fourth-order valence-corrected chi connectivity index (χ4v) is 2.15. The molecule has 1 aromatic carbocycles. The first-order chi connectivity index (χ1) is 7.40. The fraction of sp³-hybridized carbons (Fsp3) is 0.167. The number of aryl methyl sites for hydroxylation is 1. The van der Waals surface area contributed by atoms with E-state index < -0.39 is 0 Å². The van der Waals surface area contributed by atoms with E-state index in [0.717, 1.165) is 35.1 Å². The summed E-state index contributed by atoms with van der Waals surface area (Å²) in [5.41, 5.74) is 5.06. The monoisotopic (exact) mass is 196 g/mol. The number of hydrogen-bond acceptors (Lipinski definition) is 3. The van der Waals surface area contributed by atoms with Crippen LogP contribution in [-0.4, -0.2) is 4.98 Å². The topological polar surface area (TPSA) is 49.8 Å². The van der Waals surface area contributed by atoms with Crippen LogP contribution in [0.5, 0.6) is 0 Å². The van der Waals surface area contributed by atoms with Gasteiger partial charge < -0.3 is 4.42 Å². The standard InChI is InChI=1S/C12H8N2O/c13-6-5-9-2-1-8-3-4-10-12(11(8)9)15-7-14-10/h3-5,7H,1-2H2/b9-5-. The van der Waals surface area contributed by atoms with Crippen LogP contribution < -0.4 is 0 Å². The van der Waals surface area contributed by atoms with Gasteiger partial charge in [-0.05, 0) is 30.0 Å². The van der Waals surface area contributed by atoms with Crippen molar-refractivity contribution < 1.29 is 4.42 Å². The van der Waals surface area contributed by atoms with Crippen molar-refractivity contribution in [2.75, 3.05) is 0 Å². The molecule has 0 saturated carbocycles. The molecular weight excluding hydrogens is 188 g/mol. The quantitative estimate of drug-likeness (QED) is 0.608. The highest BCUT2D eigenvalue weighted by molar-refractivity contribution is 5.91. The van der Waals surface area contributed by atoms with Crippen LogP contribution in [-0.2, 0) is 6.42 Å². The van der Waals surface area contributed by atoms with E-state index in [1.165, 1.54) is 12.0 Å². The van der Waals surface area contributed by atoms with Crippen molar-refractivity contribution in [2.45, 2.75) is 12.8 Å².